The van der Waals surface area contributed by atoms with Gasteiger partial charge in [0.1, 0.15) is 5.75 Å². The van der Waals surface area contributed by atoms with E-state index in [0.717, 1.165) is 48.4 Å². The minimum atomic E-state index is -0.342. The zero-order chi connectivity index (χ0) is 33.8. The monoisotopic (exact) mass is 691 g/mol. The number of hydrogen-bond donors (Lipinski definition) is 3. The number of nitrogens with one attached hydrogen (secondary N) is 3. The van der Waals surface area contributed by atoms with Gasteiger partial charge in [0.2, 0.25) is 5.91 Å². The standard InChI is InChI=1S/C35H39Cl2N7O4/c1-43-28-12-14-44(15-16-47-2)20-27(28)41-34(43)35(46)42-26-6-4-5-24(31(26)36)25-11-13-39-33(32(25)37)21-7-8-22(29(17-21)48-3)18-38-19-23-9-10-30(45)40-23/h4-8,11,13,17,23,38H,9-10,12,14-16,18-20H2,1-3H3,(H,40,45)(H,42,46)/t23-/m1/s1. The summed E-state index contributed by atoms with van der Waals surface area (Å²) in [7, 11) is 5.19. The van der Waals surface area contributed by atoms with Crippen LogP contribution < -0.4 is 20.7 Å². The molecule has 13 heteroatoms. The van der Waals surface area contributed by atoms with Crippen LogP contribution in [0.3, 0.4) is 0 Å². The van der Waals surface area contributed by atoms with Crippen molar-refractivity contribution in [2.24, 2.45) is 7.05 Å². The fourth-order valence-electron chi connectivity index (χ4n) is 6.31. The van der Waals surface area contributed by atoms with Crippen molar-refractivity contribution in [1.82, 2.24) is 30.1 Å². The minimum Gasteiger partial charge on any atom is -0.496 e. The highest BCUT2D eigenvalue weighted by molar-refractivity contribution is 6.39. The van der Waals surface area contributed by atoms with Crippen LogP contribution in [0, 0.1) is 0 Å². The summed E-state index contributed by atoms with van der Waals surface area (Å²) in [6.45, 7) is 4.29. The maximum Gasteiger partial charge on any atom is 0.291 e. The molecule has 11 nitrogen and oxygen atoms in total. The van der Waals surface area contributed by atoms with Gasteiger partial charge in [-0.05, 0) is 24.6 Å². The molecule has 2 aliphatic heterocycles. The number of anilines is 1. The van der Waals surface area contributed by atoms with Gasteiger partial charge < -0.3 is 30.0 Å². The van der Waals surface area contributed by atoms with Crippen LogP contribution in [-0.4, -0.2) is 77.8 Å². The molecule has 1 fully saturated rings. The van der Waals surface area contributed by atoms with E-state index in [4.69, 9.17) is 37.7 Å². The van der Waals surface area contributed by atoms with Gasteiger partial charge >= 0.3 is 0 Å². The second kappa shape index (κ2) is 15.0. The number of carbonyl (C=O) groups excluding carboxylic acids is 2. The Balaban J connectivity index is 1.19. The summed E-state index contributed by atoms with van der Waals surface area (Å²) >= 11 is 13.9. The Hall–Kier alpha value is -4.00. The highest BCUT2D eigenvalue weighted by Gasteiger charge is 2.26. The summed E-state index contributed by atoms with van der Waals surface area (Å²) in [5.41, 5.74) is 6.08. The first kappa shape index (κ1) is 33.9. The summed E-state index contributed by atoms with van der Waals surface area (Å²) in [5.74, 6) is 0.782. The van der Waals surface area contributed by atoms with Gasteiger partial charge in [-0.3, -0.25) is 19.5 Å². The van der Waals surface area contributed by atoms with Gasteiger partial charge in [0, 0.05) is 99.9 Å². The lowest BCUT2D eigenvalue weighted by Gasteiger charge is -2.26. The summed E-state index contributed by atoms with van der Waals surface area (Å²) < 4.78 is 12.8. The van der Waals surface area contributed by atoms with E-state index in [2.05, 4.69) is 25.8 Å². The molecule has 4 aromatic rings. The van der Waals surface area contributed by atoms with E-state index in [1.54, 1.807) is 32.5 Å². The van der Waals surface area contributed by atoms with Crippen molar-refractivity contribution in [2.75, 3.05) is 45.8 Å². The molecule has 0 radical (unpaired) electrons. The Labute approximate surface area is 289 Å². The summed E-state index contributed by atoms with van der Waals surface area (Å²) in [4.78, 5) is 36.5. The maximum atomic E-state index is 13.5. The summed E-state index contributed by atoms with van der Waals surface area (Å²) in [5, 5.41) is 10.1. The van der Waals surface area contributed by atoms with Crippen LogP contribution in [-0.2, 0) is 36.1 Å². The lowest BCUT2D eigenvalue weighted by molar-refractivity contribution is -0.119. The van der Waals surface area contributed by atoms with Crippen LogP contribution in [0.4, 0.5) is 5.69 Å². The second-order valence-electron chi connectivity index (χ2n) is 12.0. The first-order valence-electron chi connectivity index (χ1n) is 15.9. The number of amides is 2. The fourth-order valence-corrected chi connectivity index (χ4v) is 6.91. The molecule has 1 atom stereocenters. The fraction of sp³-hybridized carbons (Fsp3) is 0.371. The normalized spacial score (nSPS) is 16.1. The molecule has 0 aliphatic carbocycles. The highest BCUT2D eigenvalue weighted by atomic mass is 35.5. The average Bonchev–Trinajstić information content (AvgIpc) is 3.66. The van der Waals surface area contributed by atoms with Gasteiger partial charge in [-0.25, -0.2) is 4.98 Å². The number of hydrogen-bond acceptors (Lipinski definition) is 8. The Morgan fingerprint density at radius 2 is 1.94 bits per heavy atom. The number of aromatic nitrogens is 3. The van der Waals surface area contributed by atoms with E-state index in [9.17, 15) is 9.59 Å². The van der Waals surface area contributed by atoms with Crippen LogP contribution in [0.15, 0.2) is 48.7 Å². The number of pyridine rings is 1. The van der Waals surface area contributed by atoms with Crippen LogP contribution in [0.1, 0.15) is 40.4 Å². The number of methoxy groups -OCH3 is 2. The molecular formula is C35H39Cl2N7O4. The van der Waals surface area contributed by atoms with E-state index < -0.39 is 0 Å². The van der Waals surface area contributed by atoms with Crippen molar-refractivity contribution in [3.63, 3.8) is 0 Å². The third-order valence-electron chi connectivity index (χ3n) is 8.93. The Morgan fingerprint density at radius 3 is 2.71 bits per heavy atom. The zero-order valence-electron chi connectivity index (χ0n) is 27.2. The number of fused-ring (bicyclic) bond motifs is 1. The van der Waals surface area contributed by atoms with Crippen molar-refractivity contribution >= 4 is 40.7 Å². The molecule has 2 amide bonds. The molecule has 252 valence electrons. The molecule has 6 rings (SSSR count). The molecule has 1 saturated heterocycles. The SMILES string of the molecule is COCCN1CCc2c(nc(C(=O)Nc3cccc(-c4ccnc(-c5ccc(CNC[C@H]6CCC(=O)N6)c(OC)c5)c4Cl)c3Cl)n2C)C1. The Bertz CT molecular complexity index is 1830. The van der Waals surface area contributed by atoms with Crippen LogP contribution in [0.2, 0.25) is 10.0 Å². The molecule has 3 N–H and O–H groups in total. The first-order chi connectivity index (χ1) is 23.3. The maximum absolute atomic E-state index is 13.5. The first-order valence-corrected chi connectivity index (χ1v) is 16.7. The average molecular weight is 693 g/mol. The number of imidazole rings is 1. The Kier molecular flexibility index (Phi) is 10.6. The van der Waals surface area contributed by atoms with Crippen LogP contribution >= 0.6 is 23.2 Å². The van der Waals surface area contributed by atoms with Crippen molar-refractivity contribution in [2.45, 2.75) is 38.4 Å². The van der Waals surface area contributed by atoms with E-state index in [0.29, 0.717) is 76.8 Å². The quantitative estimate of drug-likeness (QED) is 0.188. The lowest BCUT2D eigenvalue weighted by atomic mass is 10.0. The largest absolute Gasteiger partial charge is 0.496 e. The van der Waals surface area contributed by atoms with Gasteiger partial charge in [-0.1, -0.05) is 47.5 Å². The van der Waals surface area contributed by atoms with Crippen molar-refractivity contribution in [3.8, 4) is 28.1 Å². The highest BCUT2D eigenvalue weighted by Crippen LogP contribution is 2.41. The number of carbonyl (C=O) groups is 2. The molecule has 4 heterocycles. The molecule has 2 aromatic carbocycles. The van der Waals surface area contributed by atoms with Crippen molar-refractivity contribution in [3.05, 3.63) is 81.5 Å². The molecule has 0 spiro atoms. The summed E-state index contributed by atoms with van der Waals surface area (Å²) in [6.07, 6.45) is 3.90. The van der Waals surface area contributed by atoms with E-state index in [1.165, 1.54) is 0 Å². The molecule has 48 heavy (non-hydrogen) atoms. The van der Waals surface area contributed by atoms with Gasteiger partial charge in [0.25, 0.3) is 5.91 Å². The molecule has 0 unspecified atom stereocenters. The second-order valence-corrected chi connectivity index (χ2v) is 12.8. The topological polar surface area (TPSA) is 123 Å². The smallest absolute Gasteiger partial charge is 0.291 e. The number of nitrogens with zero attached hydrogens (tertiary/aromatic N) is 4. The van der Waals surface area contributed by atoms with Gasteiger partial charge in [-0.15, -0.1) is 0 Å². The number of ether oxygens (including phenoxy) is 2. The molecule has 2 aliphatic rings. The lowest BCUT2D eigenvalue weighted by Crippen LogP contribution is -2.35. The minimum absolute atomic E-state index is 0.0988. The number of benzene rings is 2. The molecular weight excluding hydrogens is 653 g/mol. The molecule has 0 saturated carbocycles. The van der Waals surface area contributed by atoms with E-state index in [-0.39, 0.29) is 17.9 Å². The van der Waals surface area contributed by atoms with Crippen molar-refractivity contribution in [1.29, 1.82) is 0 Å². The van der Waals surface area contributed by atoms with Crippen LogP contribution in [0.25, 0.3) is 22.4 Å². The number of rotatable bonds is 12. The predicted molar refractivity (Wildman–Crippen MR) is 187 cm³/mol. The summed E-state index contributed by atoms with van der Waals surface area (Å²) in [6, 6.07) is 13.2. The van der Waals surface area contributed by atoms with Gasteiger partial charge in [-0.2, -0.15) is 0 Å². The Morgan fingerprint density at radius 1 is 1.10 bits per heavy atom. The zero-order valence-corrected chi connectivity index (χ0v) is 28.7. The third kappa shape index (κ3) is 7.20. The molecule has 0 bridgehead atoms. The van der Waals surface area contributed by atoms with Gasteiger partial charge in [0.15, 0.2) is 5.82 Å². The predicted octanol–water partition coefficient (Wildman–Crippen LogP) is 5.09. The third-order valence-corrected chi connectivity index (χ3v) is 9.72. The molecule has 2 aromatic heterocycles. The van der Waals surface area contributed by atoms with E-state index >= 15 is 0 Å². The van der Waals surface area contributed by atoms with E-state index in [1.807, 2.05) is 41.9 Å². The number of halogens is 2. The van der Waals surface area contributed by atoms with Crippen LogP contribution in [0.5, 0.6) is 5.75 Å². The van der Waals surface area contributed by atoms with Crippen molar-refractivity contribution < 1.29 is 19.1 Å². The van der Waals surface area contributed by atoms with Gasteiger partial charge in [0.05, 0.1) is 40.8 Å².